The Bertz CT molecular complexity index is 552. The number of anilines is 1. The lowest BCUT2D eigenvalue weighted by molar-refractivity contribution is -0.115. The zero-order chi connectivity index (χ0) is 15.1. The minimum absolute atomic E-state index is 0.0362. The third kappa shape index (κ3) is 3.00. The quantitative estimate of drug-likeness (QED) is 0.830. The molecule has 1 aliphatic heterocycles. The SMILES string of the molecule is CC(C)(O)C(C)(C)O[B]c1cc2c(cc1Cl)NC(=O)C2. The summed E-state index contributed by atoms with van der Waals surface area (Å²) in [5, 5.41) is 13.3. The number of nitrogens with one attached hydrogen (secondary N) is 1. The Hall–Kier alpha value is -1.04. The van der Waals surface area contributed by atoms with Crippen LogP contribution in [0.3, 0.4) is 0 Å². The van der Waals surface area contributed by atoms with E-state index in [0.717, 1.165) is 11.3 Å². The second kappa shape index (κ2) is 5.06. The van der Waals surface area contributed by atoms with Crippen molar-refractivity contribution in [2.75, 3.05) is 5.32 Å². The molecule has 0 fully saturated rings. The number of carbonyl (C=O) groups excluding carboxylic acids is 1. The zero-order valence-electron chi connectivity index (χ0n) is 12.1. The minimum atomic E-state index is -0.996. The minimum Gasteiger partial charge on any atom is -0.427 e. The molecule has 0 spiro atoms. The van der Waals surface area contributed by atoms with E-state index in [4.69, 9.17) is 16.3 Å². The third-order valence-corrected chi connectivity index (χ3v) is 4.13. The Balaban J connectivity index is 2.16. The molecule has 0 unspecified atom stereocenters. The van der Waals surface area contributed by atoms with Crippen molar-refractivity contribution >= 4 is 36.1 Å². The summed E-state index contributed by atoms with van der Waals surface area (Å²) in [5.74, 6) is -0.0362. The molecule has 4 nitrogen and oxygen atoms in total. The molecule has 2 rings (SSSR count). The summed E-state index contributed by atoms with van der Waals surface area (Å²) in [6.07, 6.45) is 0.349. The molecule has 1 radical (unpaired) electrons. The van der Waals surface area contributed by atoms with Gasteiger partial charge in [0.25, 0.3) is 0 Å². The zero-order valence-corrected chi connectivity index (χ0v) is 12.8. The fraction of sp³-hybridized carbons (Fsp3) is 0.500. The number of benzene rings is 1. The van der Waals surface area contributed by atoms with Crippen molar-refractivity contribution in [1.29, 1.82) is 0 Å². The molecule has 1 aromatic carbocycles. The van der Waals surface area contributed by atoms with E-state index in [0.29, 0.717) is 16.9 Å². The van der Waals surface area contributed by atoms with Gasteiger partial charge in [-0.2, -0.15) is 0 Å². The van der Waals surface area contributed by atoms with E-state index in [2.05, 4.69) is 5.32 Å². The van der Waals surface area contributed by atoms with Crippen LogP contribution in [-0.2, 0) is 15.9 Å². The van der Waals surface area contributed by atoms with Crippen LogP contribution in [0, 0.1) is 0 Å². The highest BCUT2D eigenvalue weighted by atomic mass is 35.5. The number of aliphatic hydroxyl groups is 1. The van der Waals surface area contributed by atoms with Gasteiger partial charge in [0, 0.05) is 10.7 Å². The molecule has 1 aromatic rings. The average Bonchev–Trinajstić information content (AvgIpc) is 2.63. The lowest BCUT2D eigenvalue weighted by Gasteiger charge is -2.37. The molecule has 1 amide bonds. The van der Waals surface area contributed by atoms with Gasteiger partial charge < -0.3 is 15.1 Å². The maximum Gasteiger partial charge on any atom is 0.332 e. The second-order valence-corrected chi connectivity index (χ2v) is 6.47. The molecule has 0 saturated heterocycles. The van der Waals surface area contributed by atoms with Crippen molar-refractivity contribution < 1.29 is 14.6 Å². The Morgan fingerprint density at radius 3 is 2.60 bits per heavy atom. The number of halogens is 1. The number of rotatable bonds is 4. The predicted octanol–water partition coefficient (Wildman–Crippen LogP) is 1.65. The summed E-state index contributed by atoms with van der Waals surface area (Å²) in [6.45, 7) is 6.98. The van der Waals surface area contributed by atoms with Gasteiger partial charge in [-0.05, 0) is 44.8 Å². The van der Waals surface area contributed by atoms with Gasteiger partial charge in [-0.3, -0.25) is 4.79 Å². The molecule has 1 heterocycles. The van der Waals surface area contributed by atoms with Gasteiger partial charge in [0.05, 0.1) is 17.6 Å². The van der Waals surface area contributed by atoms with Crippen molar-refractivity contribution in [2.24, 2.45) is 0 Å². The molecule has 0 aliphatic carbocycles. The predicted molar refractivity (Wildman–Crippen MR) is 80.6 cm³/mol. The summed E-state index contributed by atoms with van der Waals surface area (Å²) in [7, 11) is 1.53. The molecular formula is C14H18BClNO3. The van der Waals surface area contributed by atoms with Crippen LogP contribution < -0.4 is 10.8 Å². The smallest absolute Gasteiger partial charge is 0.332 e. The van der Waals surface area contributed by atoms with Crippen molar-refractivity contribution in [3.63, 3.8) is 0 Å². The lowest BCUT2D eigenvalue weighted by atomic mass is 9.82. The highest BCUT2D eigenvalue weighted by molar-refractivity contribution is 6.54. The Labute approximate surface area is 124 Å². The number of hydrogen-bond acceptors (Lipinski definition) is 3. The Kier molecular flexibility index (Phi) is 3.89. The first kappa shape index (κ1) is 15.4. The van der Waals surface area contributed by atoms with E-state index in [1.54, 1.807) is 33.8 Å². The molecular weight excluding hydrogens is 276 g/mol. The molecule has 0 bridgehead atoms. The Morgan fingerprint density at radius 1 is 1.35 bits per heavy atom. The molecule has 0 aromatic heterocycles. The van der Waals surface area contributed by atoms with Gasteiger partial charge in [-0.25, -0.2) is 0 Å². The molecule has 1 aliphatic rings. The molecule has 107 valence electrons. The van der Waals surface area contributed by atoms with Gasteiger partial charge in [-0.15, -0.1) is 0 Å². The molecule has 20 heavy (non-hydrogen) atoms. The van der Waals surface area contributed by atoms with Crippen LogP contribution in [0.2, 0.25) is 5.02 Å². The van der Waals surface area contributed by atoms with E-state index >= 15 is 0 Å². The van der Waals surface area contributed by atoms with E-state index in [9.17, 15) is 9.90 Å². The summed E-state index contributed by atoms with van der Waals surface area (Å²) in [6, 6.07) is 3.55. The van der Waals surface area contributed by atoms with Crippen LogP contribution in [0.4, 0.5) is 5.69 Å². The maximum atomic E-state index is 11.3. The van der Waals surface area contributed by atoms with Crippen LogP contribution in [0.15, 0.2) is 12.1 Å². The van der Waals surface area contributed by atoms with Gasteiger partial charge in [0.1, 0.15) is 0 Å². The summed E-state index contributed by atoms with van der Waals surface area (Å²) >= 11 is 6.17. The van der Waals surface area contributed by atoms with Crippen LogP contribution in [0.25, 0.3) is 0 Å². The third-order valence-electron chi connectivity index (χ3n) is 3.80. The second-order valence-electron chi connectivity index (χ2n) is 6.06. The first-order valence-corrected chi connectivity index (χ1v) is 6.83. The molecule has 6 heteroatoms. The van der Waals surface area contributed by atoms with Crippen molar-refractivity contribution in [3.05, 3.63) is 22.7 Å². The summed E-state index contributed by atoms with van der Waals surface area (Å²) in [4.78, 5) is 11.3. The first-order chi connectivity index (χ1) is 9.10. The standard InChI is InChI=1S/C14H18BClNO3/c1-13(2,19)14(3,4)20-15-9-5-8-6-12(18)17-11(8)7-10(9)16/h5,7,19H,6H2,1-4H3,(H,17,18). The van der Waals surface area contributed by atoms with E-state index in [1.807, 2.05) is 6.07 Å². The van der Waals surface area contributed by atoms with Crippen LogP contribution in [0.1, 0.15) is 33.3 Å². The highest BCUT2D eigenvalue weighted by Gasteiger charge is 2.36. The maximum absolute atomic E-state index is 11.3. The van der Waals surface area contributed by atoms with Crippen LogP contribution >= 0.6 is 11.6 Å². The van der Waals surface area contributed by atoms with Crippen LogP contribution in [0.5, 0.6) is 0 Å². The van der Waals surface area contributed by atoms with E-state index < -0.39 is 11.2 Å². The van der Waals surface area contributed by atoms with Crippen molar-refractivity contribution in [3.8, 4) is 0 Å². The van der Waals surface area contributed by atoms with Gasteiger partial charge >= 0.3 is 7.48 Å². The average molecular weight is 295 g/mol. The molecule has 0 saturated carbocycles. The fourth-order valence-corrected chi connectivity index (χ4v) is 1.92. The largest absolute Gasteiger partial charge is 0.427 e. The molecule has 2 N–H and O–H groups in total. The topological polar surface area (TPSA) is 58.6 Å². The van der Waals surface area contributed by atoms with Crippen LogP contribution in [-0.4, -0.2) is 29.7 Å². The van der Waals surface area contributed by atoms with Crippen molar-refractivity contribution in [1.82, 2.24) is 0 Å². The van der Waals surface area contributed by atoms with E-state index in [1.165, 1.54) is 7.48 Å². The van der Waals surface area contributed by atoms with Gasteiger partial charge in [-0.1, -0.05) is 17.7 Å². The van der Waals surface area contributed by atoms with E-state index in [-0.39, 0.29) is 5.91 Å². The first-order valence-electron chi connectivity index (χ1n) is 6.46. The summed E-state index contributed by atoms with van der Waals surface area (Å²) in [5.41, 5.74) is 0.585. The lowest BCUT2D eigenvalue weighted by Crippen LogP contribution is -2.49. The number of carbonyl (C=O) groups is 1. The van der Waals surface area contributed by atoms with Gasteiger partial charge in [0.2, 0.25) is 5.91 Å². The van der Waals surface area contributed by atoms with Crippen molar-refractivity contribution in [2.45, 2.75) is 45.3 Å². The number of hydrogen-bond donors (Lipinski definition) is 2. The number of fused-ring (bicyclic) bond motifs is 1. The molecule has 0 atom stereocenters. The monoisotopic (exact) mass is 294 g/mol. The highest BCUT2D eigenvalue weighted by Crippen LogP contribution is 2.27. The van der Waals surface area contributed by atoms with Gasteiger partial charge in [0.15, 0.2) is 0 Å². The fourth-order valence-electron chi connectivity index (χ4n) is 1.71. The normalized spacial score (nSPS) is 15.0. The Morgan fingerprint density at radius 2 is 2.00 bits per heavy atom. The number of amides is 1. The summed E-state index contributed by atoms with van der Waals surface area (Å²) < 4.78 is 5.68.